The second kappa shape index (κ2) is 6.09. The predicted octanol–water partition coefficient (Wildman–Crippen LogP) is 3.21. The van der Waals surface area contributed by atoms with Gasteiger partial charge in [0.15, 0.2) is 0 Å². The number of piperidine rings is 1. The van der Waals surface area contributed by atoms with Crippen LogP contribution in [0.2, 0.25) is 5.15 Å². The van der Waals surface area contributed by atoms with E-state index in [9.17, 15) is 0 Å². The van der Waals surface area contributed by atoms with E-state index < -0.39 is 0 Å². The Morgan fingerprint density at radius 1 is 1.10 bits per heavy atom. The third kappa shape index (κ3) is 3.20. The van der Waals surface area contributed by atoms with Gasteiger partial charge in [-0.05, 0) is 37.1 Å². The SMILES string of the molecule is Clc1ccc(NC2CCN(c3ccncc3)CC2)cn1. The molecule has 0 aromatic carbocycles. The first-order chi connectivity index (χ1) is 9.81. The summed E-state index contributed by atoms with van der Waals surface area (Å²) in [7, 11) is 0. The lowest BCUT2D eigenvalue weighted by Crippen LogP contribution is -2.39. The van der Waals surface area contributed by atoms with Gasteiger partial charge in [0.25, 0.3) is 0 Å². The largest absolute Gasteiger partial charge is 0.381 e. The molecule has 0 amide bonds. The molecule has 0 radical (unpaired) electrons. The van der Waals surface area contributed by atoms with Gasteiger partial charge in [-0.25, -0.2) is 4.98 Å². The van der Waals surface area contributed by atoms with Gasteiger partial charge in [0.1, 0.15) is 5.15 Å². The lowest BCUT2D eigenvalue weighted by atomic mass is 10.0. The molecule has 5 heteroatoms. The smallest absolute Gasteiger partial charge is 0.129 e. The van der Waals surface area contributed by atoms with E-state index in [0.717, 1.165) is 31.6 Å². The van der Waals surface area contributed by atoms with Gasteiger partial charge in [0.2, 0.25) is 0 Å². The summed E-state index contributed by atoms with van der Waals surface area (Å²) in [4.78, 5) is 10.6. The molecular formula is C15H17ClN4. The highest BCUT2D eigenvalue weighted by atomic mass is 35.5. The fourth-order valence-electron chi connectivity index (χ4n) is 2.53. The number of hydrogen-bond donors (Lipinski definition) is 1. The number of aromatic nitrogens is 2. The van der Waals surface area contributed by atoms with Crippen molar-refractivity contribution in [2.24, 2.45) is 0 Å². The molecule has 2 aromatic rings. The van der Waals surface area contributed by atoms with Gasteiger partial charge in [-0.3, -0.25) is 4.98 Å². The average molecular weight is 289 g/mol. The molecule has 1 N–H and O–H groups in total. The summed E-state index contributed by atoms with van der Waals surface area (Å²) >= 11 is 5.79. The Morgan fingerprint density at radius 3 is 2.50 bits per heavy atom. The minimum absolute atomic E-state index is 0.496. The van der Waals surface area contributed by atoms with Crippen molar-refractivity contribution in [3.05, 3.63) is 48.0 Å². The molecule has 0 unspecified atom stereocenters. The van der Waals surface area contributed by atoms with Gasteiger partial charge in [-0.1, -0.05) is 11.6 Å². The molecule has 0 bridgehead atoms. The third-order valence-corrected chi connectivity index (χ3v) is 3.84. The zero-order valence-corrected chi connectivity index (χ0v) is 11.9. The number of anilines is 2. The Bertz CT molecular complexity index is 536. The molecule has 0 saturated carbocycles. The second-order valence-electron chi connectivity index (χ2n) is 4.98. The van der Waals surface area contributed by atoms with Gasteiger partial charge in [-0.2, -0.15) is 0 Å². The van der Waals surface area contributed by atoms with E-state index in [-0.39, 0.29) is 0 Å². The van der Waals surface area contributed by atoms with E-state index in [4.69, 9.17) is 11.6 Å². The zero-order valence-electron chi connectivity index (χ0n) is 11.2. The van der Waals surface area contributed by atoms with Crippen molar-refractivity contribution in [2.45, 2.75) is 18.9 Å². The van der Waals surface area contributed by atoms with Gasteiger partial charge in [-0.15, -0.1) is 0 Å². The van der Waals surface area contributed by atoms with E-state index in [2.05, 4.69) is 32.3 Å². The van der Waals surface area contributed by atoms with Gasteiger partial charge in [0.05, 0.1) is 11.9 Å². The number of nitrogens with one attached hydrogen (secondary N) is 1. The molecular weight excluding hydrogens is 272 g/mol. The van der Waals surface area contributed by atoms with Gasteiger partial charge in [0, 0.05) is 37.2 Å². The first-order valence-electron chi connectivity index (χ1n) is 6.84. The molecule has 3 rings (SSSR count). The van der Waals surface area contributed by atoms with Crippen molar-refractivity contribution in [1.29, 1.82) is 0 Å². The quantitative estimate of drug-likeness (QED) is 0.881. The average Bonchev–Trinajstić information content (AvgIpc) is 2.51. The number of hydrogen-bond acceptors (Lipinski definition) is 4. The molecule has 4 nitrogen and oxygen atoms in total. The molecule has 0 spiro atoms. The number of pyridine rings is 2. The maximum absolute atomic E-state index is 5.79. The van der Waals surface area contributed by atoms with E-state index in [1.807, 2.05) is 24.5 Å². The summed E-state index contributed by atoms with van der Waals surface area (Å²) in [6, 6.07) is 8.42. The summed E-state index contributed by atoms with van der Waals surface area (Å²) in [5.41, 5.74) is 2.29. The normalized spacial score (nSPS) is 16.1. The van der Waals surface area contributed by atoms with Crippen LogP contribution >= 0.6 is 11.6 Å². The molecule has 1 aliphatic heterocycles. The van der Waals surface area contributed by atoms with E-state index in [1.54, 1.807) is 6.20 Å². The summed E-state index contributed by atoms with van der Waals surface area (Å²) in [5, 5.41) is 4.05. The highest BCUT2D eigenvalue weighted by molar-refractivity contribution is 6.29. The third-order valence-electron chi connectivity index (χ3n) is 3.62. The molecule has 3 heterocycles. The minimum Gasteiger partial charge on any atom is -0.381 e. The predicted molar refractivity (Wildman–Crippen MR) is 82.3 cm³/mol. The van der Waals surface area contributed by atoms with Crippen LogP contribution in [0.25, 0.3) is 0 Å². The molecule has 0 atom stereocenters. The lowest BCUT2D eigenvalue weighted by molar-refractivity contribution is 0.526. The standard InChI is InChI=1S/C15H17ClN4/c16-15-2-1-13(11-18-15)19-12-5-9-20(10-6-12)14-3-7-17-8-4-14/h1-4,7-8,11-12,19H,5-6,9-10H2. The molecule has 2 aromatic heterocycles. The van der Waals surface area contributed by atoms with Crippen LogP contribution in [-0.2, 0) is 0 Å². The fourth-order valence-corrected chi connectivity index (χ4v) is 2.65. The van der Waals surface area contributed by atoms with Crippen molar-refractivity contribution in [3.63, 3.8) is 0 Å². The Hall–Kier alpha value is -1.81. The highest BCUT2D eigenvalue weighted by Gasteiger charge is 2.19. The van der Waals surface area contributed by atoms with Crippen LogP contribution in [0.5, 0.6) is 0 Å². The Morgan fingerprint density at radius 2 is 1.85 bits per heavy atom. The zero-order chi connectivity index (χ0) is 13.8. The monoisotopic (exact) mass is 288 g/mol. The number of halogens is 1. The van der Waals surface area contributed by atoms with Crippen LogP contribution in [0, 0.1) is 0 Å². The maximum Gasteiger partial charge on any atom is 0.129 e. The molecule has 1 aliphatic rings. The Kier molecular flexibility index (Phi) is 4.02. The van der Waals surface area contributed by atoms with E-state index in [0.29, 0.717) is 11.2 Å². The van der Waals surface area contributed by atoms with Crippen LogP contribution in [-0.4, -0.2) is 29.1 Å². The molecule has 20 heavy (non-hydrogen) atoms. The van der Waals surface area contributed by atoms with Crippen LogP contribution in [0.15, 0.2) is 42.9 Å². The van der Waals surface area contributed by atoms with Crippen LogP contribution in [0.1, 0.15) is 12.8 Å². The van der Waals surface area contributed by atoms with Crippen molar-refractivity contribution >= 4 is 23.0 Å². The molecule has 0 aliphatic carbocycles. The van der Waals surface area contributed by atoms with Gasteiger partial charge < -0.3 is 10.2 Å². The van der Waals surface area contributed by atoms with E-state index >= 15 is 0 Å². The lowest BCUT2D eigenvalue weighted by Gasteiger charge is -2.34. The first kappa shape index (κ1) is 13.2. The van der Waals surface area contributed by atoms with Crippen molar-refractivity contribution < 1.29 is 0 Å². The molecule has 104 valence electrons. The van der Waals surface area contributed by atoms with Crippen molar-refractivity contribution in [3.8, 4) is 0 Å². The minimum atomic E-state index is 0.496. The van der Waals surface area contributed by atoms with Gasteiger partial charge >= 0.3 is 0 Å². The molecule has 1 saturated heterocycles. The summed E-state index contributed by atoms with van der Waals surface area (Å²) in [6.07, 6.45) is 7.71. The Labute approximate surface area is 123 Å². The number of nitrogens with zero attached hydrogens (tertiary/aromatic N) is 3. The molecule has 1 fully saturated rings. The van der Waals surface area contributed by atoms with Crippen LogP contribution in [0.3, 0.4) is 0 Å². The van der Waals surface area contributed by atoms with Crippen LogP contribution in [0.4, 0.5) is 11.4 Å². The topological polar surface area (TPSA) is 41.0 Å². The summed E-state index contributed by atoms with van der Waals surface area (Å²) in [6.45, 7) is 2.12. The second-order valence-corrected chi connectivity index (χ2v) is 5.37. The van der Waals surface area contributed by atoms with Crippen LogP contribution < -0.4 is 10.2 Å². The van der Waals surface area contributed by atoms with Crippen molar-refractivity contribution in [2.75, 3.05) is 23.3 Å². The highest BCUT2D eigenvalue weighted by Crippen LogP contribution is 2.21. The first-order valence-corrected chi connectivity index (χ1v) is 7.22. The summed E-state index contributed by atoms with van der Waals surface area (Å²) in [5.74, 6) is 0. The maximum atomic E-state index is 5.79. The Balaban J connectivity index is 1.55. The number of rotatable bonds is 3. The fraction of sp³-hybridized carbons (Fsp3) is 0.333. The van der Waals surface area contributed by atoms with Crippen molar-refractivity contribution in [1.82, 2.24) is 9.97 Å². The summed E-state index contributed by atoms with van der Waals surface area (Å²) < 4.78 is 0. The van der Waals surface area contributed by atoms with E-state index in [1.165, 1.54) is 5.69 Å².